The first-order chi connectivity index (χ1) is 26.0. The number of nitrogens with zero attached hydrogens (tertiary/aromatic N) is 4. The van der Waals surface area contributed by atoms with Crippen molar-refractivity contribution in [2.24, 2.45) is 29.2 Å². The predicted molar refractivity (Wildman–Crippen MR) is 209 cm³/mol. The molecule has 1 unspecified atom stereocenters. The largest absolute Gasteiger partial charge is 0.479 e. The molecule has 13 heteroatoms. The van der Waals surface area contributed by atoms with E-state index < -0.39 is 33.1 Å². The van der Waals surface area contributed by atoms with E-state index in [0.717, 1.165) is 68.7 Å². The number of nitrogens with one attached hydrogen (secondary N) is 1. The number of carbonyl (C=O) groups is 2. The second-order valence-electron chi connectivity index (χ2n) is 15.9. The number of halogens is 1. The van der Waals surface area contributed by atoms with Crippen LogP contribution in [0.2, 0.25) is 5.02 Å². The van der Waals surface area contributed by atoms with Gasteiger partial charge in [-0.25, -0.2) is 4.21 Å². The van der Waals surface area contributed by atoms with Crippen LogP contribution in [0.4, 0.5) is 5.69 Å². The third-order valence-corrected chi connectivity index (χ3v) is 15.4. The maximum Gasteiger partial charge on any atom is 0.286 e. The van der Waals surface area contributed by atoms with Crippen molar-refractivity contribution in [3.8, 4) is 5.88 Å². The van der Waals surface area contributed by atoms with E-state index >= 15 is 4.21 Å². The summed E-state index contributed by atoms with van der Waals surface area (Å²) in [6.07, 6.45) is 12.6. The quantitative estimate of drug-likeness (QED) is 0.300. The highest BCUT2D eigenvalue weighted by atomic mass is 35.5. The molecule has 11 nitrogen and oxygen atoms in total. The van der Waals surface area contributed by atoms with Gasteiger partial charge in [-0.2, -0.15) is 0 Å². The van der Waals surface area contributed by atoms with Crippen molar-refractivity contribution in [2.75, 3.05) is 38.8 Å². The van der Waals surface area contributed by atoms with Crippen LogP contribution in [-0.2, 0) is 44.7 Å². The second kappa shape index (κ2) is 14.7. The minimum Gasteiger partial charge on any atom is -0.479 e. The van der Waals surface area contributed by atoms with Gasteiger partial charge in [0, 0.05) is 67.7 Å². The van der Waals surface area contributed by atoms with Crippen LogP contribution < -0.4 is 14.4 Å². The molecular formula is C41H50ClN5O6S. The van der Waals surface area contributed by atoms with Crippen molar-refractivity contribution in [1.82, 2.24) is 14.5 Å². The Balaban J connectivity index is 1.25. The van der Waals surface area contributed by atoms with Gasteiger partial charge >= 0.3 is 0 Å². The van der Waals surface area contributed by atoms with Gasteiger partial charge in [-0.1, -0.05) is 42.8 Å². The van der Waals surface area contributed by atoms with Crippen LogP contribution >= 0.6 is 11.6 Å². The van der Waals surface area contributed by atoms with Crippen LogP contribution in [0.25, 0.3) is 0 Å². The van der Waals surface area contributed by atoms with Crippen molar-refractivity contribution in [3.05, 3.63) is 87.6 Å². The molecule has 2 fully saturated rings. The molecule has 5 aliphatic rings. The fourth-order valence-electron chi connectivity index (χ4n) is 9.82. The first-order valence-corrected chi connectivity index (χ1v) is 21.2. The molecule has 54 heavy (non-hydrogen) atoms. The SMILES string of the molecule is COc1nn(C)cc1C(=O)NS1(=O)=NC(=O)c2ccc3c(c2)N(C[C@@H]2CC[C@H]2[C@@H](OC)/C=C/[C@@H]2OCC[C@@H]1[C@H]2C)C[C@@]1(CCCc2cc(Cl)ccc21)CC3. The number of hydrogen-bond acceptors (Lipinski definition) is 8. The number of rotatable bonds is 4. The maximum absolute atomic E-state index is 15.3. The Morgan fingerprint density at radius 3 is 2.70 bits per heavy atom. The van der Waals surface area contributed by atoms with Crippen LogP contribution in [0.5, 0.6) is 5.88 Å². The summed E-state index contributed by atoms with van der Waals surface area (Å²) in [4.78, 5) is 30.7. The molecule has 1 saturated heterocycles. The zero-order chi connectivity index (χ0) is 37.8. The standard InChI is InChI=1S/C41H50ClN5O6S/c1-25-35-13-14-36(51-3)31-11-9-29(31)22-47-24-41(17-5-6-27-20-30(42)10-12-33(27)41)18-15-26-7-8-28(21-34(26)47)38(48)44-54(50,37(25)16-19-53-35)45-39(49)32-23-46(2)43-40(32)52-4/h7-8,10,12-14,20-21,23,25,29,31,35-37H,5-6,9,11,15-19,22,24H2,1-4H3,(H,44,45,48,49,50)/b14-13+/t25-,29-,31+,35-,36-,37+,41+,54?/m0/s1. The normalized spacial score (nSPS) is 32.7. The van der Waals surface area contributed by atoms with E-state index in [4.69, 9.17) is 25.8 Å². The molecule has 4 bridgehead atoms. The molecule has 1 aromatic heterocycles. The molecule has 3 aromatic rings. The van der Waals surface area contributed by atoms with Crippen molar-refractivity contribution < 1.29 is 28.0 Å². The summed E-state index contributed by atoms with van der Waals surface area (Å²) >= 11 is 6.51. The number of ether oxygens (including phenoxy) is 3. The Bertz CT molecular complexity index is 2110. The Hall–Kier alpha value is -3.71. The maximum atomic E-state index is 15.3. The molecule has 288 valence electrons. The number of aryl methyl sites for hydroxylation is 3. The van der Waals surface area contributed by atoms with Crippen LogP contribution in [-0.4, -0.2) is 77.2 Å². The smallest absolute Gasteiger partial charge is 0.286 e. The highest BCUT2D eigenvalue weighted by Gasteiger charge is 2.44. The van der Waals surface area contributed by atoms with Crippen molar-refractivity contribution >= 4 is 39.0 Å². The van der Waals surface area contributed by atoms with Gasteiger partial charge in [0.15, 0.2) is 0 Å². The van der Waals surface area contributed by atoms with Crippen molar-refractivity contribution in [3.63, 3.8) is 0 Å². The third kappa shape index (κ3) is 6.77. The predicted octanol–water partition coefficient (Wildman–Crippen LogP) is 6.47. The summed E-state index contributed by atoms with van der Waals surface area (Å²) in [5, 5.41) is 4.29. The second-order valence-corrected chi connectivity index (χ2v) is 18.5. The fourth-order valence-corrected chi connectivity index (χ4v) is 12.2. The number of hydrogen-bond donors (Lipinski definition) is 1. The monoisotopic (exact) mass is 775 g/mol. The summed E-state index contributed by atoms with van der Waals surface area (Å²) in [5.41, 5.74) is 5.30. The summed E-state index contributed by atoms with van der Waals surface area (Å²) < 4.78 is 41.7. The topological polar surface area (TPSA) is 124 Å². The van der Waals surface area contributed by atoms with Crippen LogP contribution in [0, 0.1) is 17.8 Å². The lowest BCUT2D eigenvalue weighted by atomic mass is 9.66. The van der Waals surface area contributed by atoms with Gasteiger partial charge in [0.2, 0.25) is 5.88 Å². The van der Waals surface area contributed by atoms with Gasteiger partial charge in [-0.3, -0.25) is 19.0 Å². The van der Waals surface area contributed by atoms with Crippen LogP contribution in [0.1, 0.15) is 82.9 Å². The molecule has 1 spiro atoms. The minimum absolute atomic E-state index is 0.0662. The molecule has 2 aliphatic carbocycles. The molecule has 4 heterocycles. The molecule has 8 atom stereocenters. The molecule has 0 radical (unpaired) electrons. The van der Waals surface area contributed by atoms with Crippen molar-refractivity contribution in [1.29, 1.82) is 0 Å². The summed E-state index contributed by atoms with van der Waals surface area (Å²) in [5.74, 6) is -0.855. The van der Waals surface area contributed by atoms with Gasteiger partial charge in [0.05, 0.1) is 24.6 Å². The fraction of sp³-hybridized carbons (Fsp3) is 0.537. The Morgan fingerprint density at radius 2 is 1.93 bits per heavy atom. The third-order valence-electron chi connectivity index (χ3n) is 12.8. The lowest BCUT2D eigenvalue weighted by Crippen LogP contribution is -2.49. The molecule has 2 aromatic carbocycles. The molecular weight excluding hydrogens is 726 g/mol. The van der Waals surface area contributed by atoms with E-state index in [2.05, 4.69) is 37.3 Å². The lowest BCUT2D eigenvalue weighted by molar-refractivity contribution is 0.00278. The Labute approximate surface area is 323 Å². The first-order valence-electron chi connectivity index (χ1n) is 19.2. The number of benzene rings is 2. The first kappa shape index (κ1) is 37.2. The number of amides is 2. The summed E-state index contributed by atoms with van der Waals surface area (Å²) in [6.45, 7) is 3.88. The van der Waals surface area contributed by atoms with E-state index in [1.807, 2.05) is 31.2 Å². The van der Waals surface area contributed by atoms with Gasteiger partial charge in [0.1, 0.15) is 15.5 Å². The molecule has 1 saturated carbocycles. The lowest BCUT2D eigenvalue weighted by Gasteiger charge is -2.46. The van der Waals surface area contributed by atoms with Gasteiger partial charge in [-0.15, -0.1) is 9.46 Å². The van der Waals surface area contributed by atoms with E-state index in [0.29, 0.717) is 30.4 Å². The number of anilines is 1. The van der Waals surface area contributed by atoms with E-state index in [1.165, 1.54) is 34.7 Å². The zero-order valence-electron chi connectivity index (χ0n) is 31.5. The molecule has 3 aliphatic heterocycles. The summed E-state index contributed by atoms with van der Waals surface area (Å²) in [6, 6.07) is 12.2. The average Bonchev–Trinajstić information content (AvgIpc) is 3.46. The van der Waals surface area contributed by atoms with Crippen molar-refractivity contribution in [2.45, 2.75) is 81.2 Å². The number of methoxy groups -OCH3 is 2. The molecule has 1 N–H and O–H groups in total. The minimum atomic E-state index is -3.71. The Kier molecular flexibility index (Phi) is 10.2. The summed E-state index contributed by atoms with van der Waals surface area (Å²) in [7, 11) is 1.14. The highest BCUT2D eigenvalue weighted by Crippen LogP contribution is 2.48. The molecule has 2 amide bonds. The number of fused-ring (bicyclic) bond motifs is 6. The van der Waals surface area contributed by atoms with Crippen LogP contribution in [0.3, 0.4) is 0 Å². The molecule has 8 rings (SSSR count). The highest BCUT2D eigenvalue weighted by molar-refractivity contribution is 7.93. The van der Waals surface area contributed by atoms with Gasteiger partial charge in [-0.05, 0) is 104 Å². The van der Waals surface area contributed by atoms with E-state index in [1.54, 1.807) is 20.2 Å². The Morgan fingerprint density at radius 1 is 1.07 bits per heavy atom. The average molecular weight is 776 g/mol. The number of carbonyl (C=O) groups excluding carboxylic acids is 2. The van der Waals surface area contributed by atoms with Gasteiger partial charge in [0.25, 0.3) is 11.8 Å². The zero-order valence-corrected chi connectivity index (χ0v) is 33.0. The number of aromatic nitrogens is 2. The van der Waals surface area contributed by atoms with Crippen LogP contribution in [0.15, 0.2) is 59.1 Å². The van der Waals surface area contributed by atoms with Gasteiger partial charge < -0.3 is 19.1 Å². The van der Waals surface area contributed by atoms with E-state index in [-0.39, 0.29) is 28.9 Å². The van der Waals surface area contributed by atoms with E-state index in [9.17, 15) is 9.59 Å².